The summed E-state index contributed by atoms with van der Waals surface area (Å²) in [6.07, 6.45) is 2.70. The summed E-state index contributed by atoms with van der Waals surface area (Å²) in [5.41, 5.74) is 2.98. The predicted molar refractivity (Wildman–Crippen MR) is 65.8 cm³/mol. The number of carbonyl (C=O) groups is 1. The highest BCUT2D eigenvalue weighted by molar-refractivity contribution is 5.94. The van der Waals surface area contributed by atoms with Crippen molar-refractivity contribution >= 4 is 11.6 Å². The van der Waals surface area contributed by atoms with Crippen LogP contribution in [0.4, 0.5) is 5.69 Å². The molecule has 1 fully saturated rings. The minimum absolute atomic E-state index is 0.0307. The Morgan fingerprint density at radius 1 is 1.44 bits per heavy atom. The van der Waals surface area contributed by atoms with Gasteiger partial charge in [-0.15, -0.1) is 0 Å². The van der Waals surface area contributed by atoms with Gasteiger partial charge in [0.25, 0.3) is 5.91 Å². The lowest BCUT2D eigenvalue weighted by molar-refractivity contribution is 0.0963. The number of hydrogen-bond acceptors (Lipinski definition) is 2. The zero-order chi connectivity index (χ0) is 11.5. The van der Waals surface area contributed by atoms with Crippen molar-refractivity contribution in [3.05, 3.63) is 29.3 Å². The van der Waals surface area contributed by atoms with Crippen molar-refractivity contribution in [3.63, 3.8) is 0 Å². The lowest BCUT2D eigenvalue weighted by atomic mass is 10.1. The Morgan fingerprint density at radius 2 is 2.19 bits per heavy atom. The van der Waals surface area contributed by atoms with Crippen molar-refractivity contribution in [2.45, 2.75) is 19.8 Å². The average molecular weight is 218 g/mol. The summed E-state index contributed by atoms with van der Waals surface area (Å²) in [5.74, 6) is 0.829. The molecular formula is C13H18N2O. The van der Waals surface area contributed by atoms with E-state index in [0.717, 1.165) is 29.3 Å². The smallest absolute Gasteiger partial charge is 0.251 e. The maximum atomic E-state index is 11.4. The highest BCUT2D eigenvalue weighted by Crippen LogP contribution is 2.29. The van der Waals surface area contributed by atoms with Gasteiger partial charge < -0.3 is 10.6 Å². The van der Waals surface area contributed by atoms with Crippen LogP contribution in [-0.4, -0.2) is 19.5 Å². The number of hydrogen-bond donors (Lipinski definition) is 2. The summed E-state index contributed by atoms with van der Waals surface area (Å²) in [7, 11) is 1.65. The molecule has 86 valence electrons. The minimum atomic E-state index is -0.0307. The van der Waals surface area contributed by atoms with Gasteiger partial charge in [0.15, 0.2) is 0 Å². The summed E-state index contributed by atoms with van der Waals surface area (Å²) in [6, 6.07) is 5.78. The van der Waals surface area contributed by atoms with Crippen LogP contribution in [-0.2, 0) is 0 Å². The van der Waals surface area contributed by atoms with E-state index in [9.17, 15) is 4.79 Å². The Balaban J connectivity index is 2.05. The number of benzene rings is 1. The van der Waals surface area contributed by atoms with Crippen molar-refractivity contribution in [1.82, 2.24) is 5.32 Å². The number of amides is 1. The fourth-order valence-electron chi connectivity index (χ4n) is 1.72. The molecule has 1 aliphatic carbocycles. The molecule has 0 bridgehead atoms. The van der Waals surface area contributed by atoms with E-state index >= 15 is 0 Å². The first kappa shape index (κ1) is 11.0. The van der Waals surface area contributed by atoms with E-state index in [1.54, 1.807) is 7.05 Å². The normalized spacial score (nSPS) is 14.6. The number of nitrogens with one attached hydrogen (secondary N) is 2. The van der Waals surface area contributed by atoms with Gasteiger partial charge in [-0.1, -0.05) is 0 Å². The topological polar surface area (TPSA) is 41.1 Å². The fourth-order valence-corrected chi connectivity index (χ4v) is 1.72. The molecule has 2 N–H and O–H groups in total. The molecule has 3 heteroatoms. The molecule has 0 aliphatic heterocycles. The SMILES string of the molecule is CNC(=O)c1ccc(NCC2CC2)c(C)c1. The van der Waals surface area contributed by atoms with E-state index in [1.165, 1.54) is 12.8 Å². The Morgan fingerprint density at radius 3 is 2.75 bits per heavy atom. The lowest BCUT2D eigenvalue weighted by Crippen LogP contribution is -2.18. The van der Waals surface area contributed by atoms with Gasteiger partial charge in [-0.25, -0.2) is 0 Å². The van der Waals surface area contributed by atoms with E-state index in [1.807, 2.05) is 25.1 Å². The number of rotatable bonds is 4. The number of aryl methyl sites for hydroxylation is 1. The first-order valence-corrected chi connectivity index (χ1v) is 5.77. The zero-order valence-corrected chi connectivity index (χ0v) is 9.84. The molecule has 1 amide bonds. The Hall–Kier alpha value is -1.51. The van der Waals surface area contributed by atoms with E-state index in [4.69, 9.17) is 0 Å². The highest BCUT2D eigenvalue weighted by Gasteiger charge is 2.20. The minimum Gasteiger partial charge on any atom is -0.385 e. The molecule has 0 unspecified atom stereocenters. The lowest BCUT2D eigenvalue weighted by Gasteiger charge is -2.10. The molecule has 1 aromatic rings. The van der Waals surface area contributed by atoms with E-state index in [-0.39, 0.29) is 5.91 Å². The molecule has 16 heavy (non-hydrogen) atoms. The second-order valence-corrected chi connectivity index (χ2v) is 4.43. The molecule has 0 saturated heterocycles. The van der Waals surface area contributed by atoms with E-state index < -0.39 is 0 Å². The summed E-state index contributed by atoms with van der Waals surface area (Å²) < 4.78 is 0. The molecular weight excluding hydrogens is 200 g/mol. The predicted octanol–water partition coefficient (Wildman–Crippen LogP) is 2.18. The molecule has 0 atom stereocenters. The van der Waals surface area contributed by atoms with Gasteiger partial charge in [0.2, 0.25) is 0 Å². The van der Waals surface area contributed by atoms with Gasteiger partial charge in [0, 0.05) is 24.8 Å². The van der Waals surface area contributed by atoms with Gasteiger partial charge >= 0.3 is 0 Å². The third-order valence-electron chi connectivity index (χ3n) is 2.99. The standard InChI is InChI=1S/C13H18N2O/c1-9-7-11(13(16)14-2)5-6-12(9)15-8-10-3-4-10/h5-7,10,15H,3-4,8H2,1-2H3,(H,14,16). The third-order valence-corrected chi connectivity index (χ3v) is 2.99. The molecule has 0 spiro atoms. The maximum Gasteiger partial charge on any atom is 0.251 e. The second-order valence-electron chi connectivity index (χ2n) is 4.43. The van der Waals surface area contributed by atoms with Gasteiger partial charge in [-0.2, -0.15) is 0 Å². The molecule has 0 aromatic heterocycles. The average Bonchev–Trinajstić information content (AvgIpc) is 3.10. The largest absolute Gasteiger partial charge is 0.385 e. The highest BCUT2D eigenvalue weighted by atomic mass is 16.1. The van der Waals surface area contributed by atoms with Crippen LogP contribution in [0.15, 0.2) is 18.2 Å². The van der Waals surface area contributed by atoms with Crippen LogP contribution >= 0.6 is 0 Å². The van der Waals surface area contributed by atoms with Crippen LogP contribution in [0.1, 0.15) is 28.8 Å². The maximum absolute atomic E-state index is 11.4. The van der Waals surface area contributed by atoms with Crippen LogP contribution in [0.5, 0.6) is 0 Å². The van der Waals surface area contributed by atoms with Crippen LogP contribution < -0.4 is 10.6 Å². The van der Waals surface area contributed by atoms with Crippen LogP contribution in [0, 0.1) is 12.8 Å². The molecule has 0 radical (unpaired) electrons. The molecule has 1 saturated carbocycles. The van der Waals surface area contributed by atoms with Crippen molar-refractivity contribution < 1.29 is 4.79 Å². The number of anilines is 1. The molecule has 0 heterocycles. The summed E-state index contributed by atoms with van der Waals surface area (Å²) >= 11 is 0. The van der Waals surface area contributed by atoms with Crippen molar-refractivity contribution in [2.75, 3.05) is 18.9 Å². The van der Waals surface area contributed by atoms with Gasteiger partial charge in [0.1, 0.15) is 0 Å². The Labute approximate surface area is 96.2 Å². The number of carbonyl (C=O) groups excluding carboxylic acids is 1. The van der Waals surface area contributed by atoms with E-state index in [2.05, 4.69) is 10.6 Å². The first-order valence-electron chi connectivity index (χ1n) is 5.77. The van der Waals surface area contributed by atoms with Gasteiger partial charge in [0.05, 0.1) is 0 Å². The fraction of sp³-hybridized carbons (Fsp3) is 0.462. The third kappa shape index (κ3) is 2.54. The summed E-state index contributed by atoms with van der Waals surface area (Å²) in [6.45, 7) is 3.09. The molecule has 3 nitrogen and oxygen atoms in total. The summed E-state index contributed by atoms with van der Waals surface area (Å²) in [4.78, 5) is 11.4. The van der Waals surface area contributed by atoms with Crippen molar-refractivity contribution in [3.8, 4) is 0 Å². The summed E-state index contributed by atoms with van der Waals surface area (Å²) in [5, 5.41) is 6.06. The molecule has 2 rings (SSSR count). The van der Waals surface area contributed by atoms with Crippen LogP contribution in [0.25, 0.3) is 0 Å². The van der Waals surface area contributed by atoms with Crippen LogP contribution in [0.2, 0.25) is 0 Å². The Bertz CT molecular complexity index is 397. The Kier molecular flexibility index (Phi) is 3.13. The molecule has 1 aliphatic rings. The second kappa shape index (κ2) is 4.56. The monoisotopic (exact) mass is 218 g/mol. The molecule has 1 aromatic carbocycles. The van der Waals surface area contributed by atoms with Crippen molar-refractivity contribution in [2.24, 2.45) is 5.92 Å². The van der Waals surface area contributed by atoms with Gasteiger partial charge in [-0.05, 0) is 49.4 Å². The quantitative estimate of drug-likeness (QED) is 0.813. The van der Waals surface area contributed by atoms with Crippen LogP contribution in [0.3, 0.4) is 0 Å². The van der Waals surface area contributed by atoms with Crippen molar-refractivity contribution in [1.29, 1.82) is 0 Å². The van der Waals surface area contributed by atoms with Gasteiger partial charge in [-0.3, -0.25) is 4.79 Å². The first-order chi connectivity index (χ1) is 7.70. The van der Waals surface area contributed by atoms with E-state index in [0.29, 0.717) is 0 Å². The zero-order valence-electron chi connectivity index (χ0n) is 9.84.